The van der Waals surface area contributed by atoms with Crippen LogP contribution in [0.2, 0.25) is 0 Å². The van der Waals surface area contributed by atoms with Gasteiger partial charge in [0.15, 0.2) is 0 Å². The molecule has 4 aliphatic heterocycles. The molecule has 3 amide bonds. The van der Waals surface area contributed by atoms with Crippen molar-refractivity contribution in [1.29, 1.82) is 0 Å². The van der Waals surface area contributed by atoms with Crippen LogP contribution in [-0.4, -0.2) is 105 Å². The van der Waals surface area contributed by atoms with Gasteiger partial charge in [-0.15, -0.1) is 0 Å². The van der Waals surface area contributed by atoms with Crippen LogP contribution in [0.25, 0.3) is 0 Å². The van der Waals surface area contributed by atoms with E-state index in [0.29, 0.717) is 49.8 Å². The maximum atomic E-state index is 13.2. The number of amides is 3. The summed E-state index contributed by atoms with van der Waals surface area (Å²) in [4.78, 5) is 42.7. The number of nitrogens with zero attached hydrogens (tertiary/aromatic N) is 3. The van der Waals surface area contributed by atoms with Gasteiger partial charge in [0.1, 0.15) is 11.8 Å². The Bertz CT molecular complexity index is 1220. The number of carbonyl (C=O) groups excluding carboxylic acids is 3. The highest BCUT2D eigenvalue weighted by atomic mass is 32.2. The SMILES string of the molecule is CCC1(N2NC(Nc3ccc(C(=O)N4CCS(=O)CC4)c(C)c3)C3C(=O)NCCC32)CCN(C(=O)OC(C)(C)C)CC1. The van der Waals surface area contributed by atoms with E-state index in [2.05, 4.69) is 28.0 Å². The predicted octanol–water partition coefficient (Wildman–Crippen LogP) is 2.44. The smallest absolute Gasteiger partial charge is 0.410 e. The second kappa shape index (κ2) is 12.1. The largest absolute Gasteiger partial charge is 0.444 e. The van der Waals surface area contributed by atoms with Crippen LogP contribution in [-0.2, 0) is 20.3 Å². The molecule has 3 unspecified atom stereocenters. The Morgan fingerprint density at radius 1 is 1.12 bits per heavy atom. The summed E-state index contributed by atoms with van der Waals surface area (Å²) in [6.45, 7) is 12.6. The van der Waals surface area contributed by atoms with E-state index >= 15 is 0 Å². The molecule has 12 heteroatoms. The number of anilines is 1. The van der Waals surface area contributed by atoms with Crippen molar-refractivity contribution < 1.29 is 23.3 Å². The fraction of sp³-hybridized carbons (Fsp3) is 0.700. The zero-order valence-corrected chi connectivity index (χ0v) is 26.3. The molecular formula is C30H46N6O5S. The first-order chi connectivity index (χ1) is 19.9. The molecule has 4 fully saturated rings. The summed E-state index contributed by atoms with van der Waals surface area (Å²) in [5, 5.41) is 8.94. The van der Waals surface area contributed by atoms with Gasteiger partial charge in [0.25, 0.3) is 5.91 Å². The average molecular weight is 603 g/mol. The molecule has 0 bridgehead atoms. The first-order valence-corrected chi connectivity index (χ1v) is 16.7. The summed E-state index contributed by atoms with van der Waals surface area (Å²) >= 11 is 0. The third kappa shape index (κ3) is 6.30. The Morgan fingerprint density at radius 3 is 2.43 bits per heavy atom. The van der Waals surface area contributed by atoms with Gasteiger partial charge in [0.2, 0.25) is 5.91 Å². The summed E-state index contributed by atoms with van der Waals surface area (Å²) in [5.74, 6) is 0.758. The number of fused-ring (bicyclic) bond motifs is 1. The molecule has 1 aromatic carbocycles. The first kappa shape index (κ1) is 30.7. The molecule has 0 spiro atoms. The molecule has 42 heavy (non-hydrogen) atoms. The van der Waals surface area contributed by atoms with Crippen molar-refractivity contribution in [3.63, 3.8) is 0 Å². The summed E-state index contributed by atoms with van der Waals surface area (Å²) in [7, 11) is -0.840. The minimum absolute atomic E-state index is 0.0240. The van der Waals surface area contributed by atoms with Gasteiger partial charge in [0, 0.05) is 77.9 Å². The molecule has 0 radical (unpaired) electrons. The number of hydrazine groups is 1. The maximum absolute atomic E-state index is 13.2. The monoisotopic (exact) mass is 602 g/mol. The Balaban J connectivity index is 1.30. The zero-order chi connectivity index (χ0) is 30.2. The predicted molar refractivity (Wildman–Crippen MR) is 162 cm³/mol. The normalized spacial score (nSPS) is 26.9. The Kier molecular flexibility index (Phi) is 8.87. The molecule has 4 aliphatic rings. The van der Waals surface area contributed by atoms with Gasteiger partial charge in [-0.2, -0.15) is 0 Å². The van der Waals surface area contributed by atoms with Crippen LogP contribution in [0.5, 0.6) is 0 Å². The van der Waals surface area contributed by atoms with Crippen molar-refractivity contribution >= 4 is 34.4 Å². The molecule has 4 saturated heterocycles. The lowest BCUT2D eigenvalue weighted by molar-refractivity contribution is -0.128. The third-order valence-electron chi connectivity index (χ3n) is 9.18. The van der Waals surface area contributed by atoms with Gasteiger partial charge in [-0.05, 0) is 77.1 Å². The zero-order valence-electron chi connectivity index (χ0n) is 25.5. The summed E-state index contributed by atoms with van der Waals surface area (Å²) in [6, 6.07) is 5.73. The molecule has 0 aromatic heterocycles. The van der Waals surface area contributed by atoms with E-state index in [0.717, 1.165) is 36.9 Å². The van der Waals surface area contributed by atoms with Crippen LogP contribution in [0.15, 0.2) is 18.2 Å². The first-order valence-electron chi connectivity index (χ1n) is 15.2. The molecule has 3 atom stereocenters. The number of likely N-dealkylation sites (tertiary alicyclic amines) is 1. The average Bonchev–Trinajstić information content (AvgIpc) is 3.32. The number of rotatable bonds is 5. The van der Waals surface area contributed by atoms with Crippen molar-refractivity contribution in [3.05, 3.63) is 29.3 Å². The van der Waals surface area contributed by atoms with Crippen LogP contribution in [0, 0.1) is 12.8 Å². The Labute approximate surface area is 251 Å². The second-order valence-corrected chi connectivity index (χ2v) is 14.7. The molecule has 232 valence electrons. The summed E-state index contributed by atoms with van der Waals surface area (Å²) in [6.07, 6.45) is 2.70. The van der Waals surface area contributed by atoms with Gasteiger partial charge in [-0.3, -0.25) is 13.8 Å². The second-order valence-electron chi connectivity index (χ2n) is 13.0. The third-order valence-corrected chi connectivity index (χ3v) is 10.5. The minimum atomic E-state index is -0.840. The van der Waals surface area contributed by atoms with Crippen molar-refractivity contribution in [3.8, 4) is 0 Å². The molecule has 1 aromatic rings. The molecule has 0 saturated carbocycles. The minimum Gasteiger partial charge on any atom is -0.444 e. The standard InChI is InChI=1S/C30H46N6O5S/c1-6-30(10-13-35(14-11-30)28(39)41-29(3,4)5)36-23-9-12-31-26(37)24(23)25(33-36)32-21-7-8-22(20(2)19-21)27(38)34-15-17-42(40)18-16-34/h7-8,19,23-25,32-33H,6,9-18H2,1-5H3,(H,31,37). The number of benzene rings is 1. The number of ether oxygens (including phenoxy) is 1. The van der Waals surface area contributed by atoms with E-state index in [-0.39, 0.29) is 41.6 Å². The molecule has 4 heterocycles. The van der Waals surface area contributed by atoms with E-state index in [9.17, 15) is 18.6 Å². The van der Waals surface area contributed by atoms with E-state index in [1.165, 1.54) is 0 Å². The fourth-order valence-electron chi connectivity index (χ4n) is 6.80. The number of aryl methyl sites for hydroxylation is 1. The molecule has 0 aliphatic carbocycles. The molecular weight excluding hydrogens is 556 g/mol. The van der Waals surface area contributed by atoms with E-state index in [4.69, 9.17) is 4.74 Å². The number of nitrogens with one attached hydrogen (secondary N) is 3. The van der Waals surface area contributed by atoms with Crippen molar-refractivity contribution in [2.45, 2.75) is 83.6 Å². The lowest BCUT2D eigenvalue weighted by atomic mass is 9.81. The molecule has 3 N–H and O–H groups in total. The number of piperidine rings is 2. The lowest BCUT2D eigenvalue weighted by Crippen LogP contribution is -2.62. The highest BCUT2D eigenvalue weighted by Gasteiger charge is 2.54. The molecule has 11 nitrogen and oxygen atoms in total. The number of hydrogen-bond donors (Lipinski definition) is 3. The fourth-order valence-corrected chi connectivity index (χ4v) is 7.85. The van der Waals surface area contributed by atoms with Crippen LogP contribution in [0.1, 0.15) is 69.3 Å². The van der Waals surface area contributed by atoms with Crippen molar-refractivity contribution in [1.82, 2.24) is 25.6 Å². The van der Waals surface area contributed by atoms with Gasteiger partial charge in [-0.25, -0.2) is 15.2 Å². The summed E-state index contributed by atoms with van der Waals surface area (Å²) < 4.78 is 17.3. The molecule has 5 rings (SSSR count). The maximum Gasteiger partial charge on any atom is 0.410 e. The van der Waals surface area contributed by atoms with E-state index in [1.54, 1.807) is 9.80 Å². The van der Waals surface area contributed by atoms with Gasteiger partial charge >= 0.3 is 6.09 Å². The van der Waals surface area contributed by atoms with Gasteiger partial charge in [0.05, 0.1) is 5.92 Å². The van der Waals surface area contributed by atoms with Crippen molar-refractivity contribution in [2.24, 2.45) is 5.92 Å². The van der Waals surface area contributed by atoms with E-state index in [1.807, 2.05) is 45.9 Å². The Hall–Kier alpha value is -2.70. The van der Waals surface area contributed by atoms with Crippen LogP contribution in [0.4, 0.5) is 10.5 Å². The highest BCUT2D eigenvalue weighted by Crippen LogP contribution is 2.40. The quantitative estimate of drug-likeness (QED) is 0.470. The van der Waals surface area contributed by atoms with Crippen LogP contribution < -0.4 is 16.1 Å². The van der Waals surface area contributed by atoms with Crippen LogP contribution >= 0.6 is 0 Å². The lowest BCUT2D eigenvalue weighted by Gasteiger charge is -2.49. The topological polar surface area (TPSA) is 123 Å². The summed E-state index contributed by atoms with van der Waals surface area (Å²) in [5.41, 5.74) is 5.30. The van der Waals surface area contributed by atoms with E-state index < -0.39 is 16.4 Å². The highest BCUT2D eigenvalue weighted by molar-refractivity contribution is 7.85. The number of hydrogen-bond acceptors (Lipinski definition) is 8. The van der Waals surface area contributed by atoms with Crippen molar-refractivity contribution in [2.75, 3.05) is 49.5 Å². The van der Waals surface area contributed by atoms with Gasteiger partial charge in [-0.1, -0.05) is 6.92 Å². The number of carbonyl (C=O) groups is 3. The van der Waals surface area contributed by atoms with Gasteiger partial charge < -0.3 is 25.2 Å². The Morgan fingerprint density at radius 2 is 1.81 bits per heavy atom. The van der Waals surface area contributed by atoms with Crippen LogP contribution in [0.3, 0.4) is 0 Å².